The molecule has 1 atom stereocenters. The summed E-state index contributed by atoms with van der Waals surface area (Å²) in [5.74, 6) is 1.09. The van der Waals surface area contributed by atoms with E-state index in [0.29, 0.717) is 6.61 Å². The van der Waals surface area contributed by atoms with Gasteiger partial charge in [0.25, 0.3) is 0 Å². The maximum absolute atomic E-state index is 11.7. The van der Waals surface area contributed by atoms with Crippen LogP contribution in [0.3, 0.4) is 0 Å². The summed E-state index contributed by atoms with van der Waals surface area (Å²) in [4.78, 5) is 4.19. The van der Waals surface area contributed by atoms with Crippen LogP contribution < -0.4 is 15.8 Å². The maximum atomic E-state index is 11.7. The summed E-state index contributed by atoms with van der Waals surface area (Å²) < 4.78 is 28.0. The molecule has 23 heavy (non-hydrogen) atoms. The van der Waals surface area contributed by atoms with Crippen molar-refractivity contribution in [3.05, 3.63) is 29.8 Å². The number of rotatable bonds is 4. The lowest BCUT2D eigenvalue weighted by Crippen LogP contribution is -2.40. The molecule has 0 saturated carbocycles. The summed E-state index contributed by atoms with van der Waals surface area (Å²) in [6.07, 6.45) is 1.99. The van der Waals surface area contributed by atoms with Gasteiger partial charge < -0.3 is 15.8 Å². The number of ether oxygens (including phenoxy) is 1. The van der Waals surface area contributed by atoms with Crippen molar-refractivity contribution in [2.24, 2.45) is 10.7 Å². The highest BCUT2D eigenvalue weighted by Gasteiger charge is 2.30. The van der Waals surface area contributed by atoms with Gasteiger partial charge in [-0.15, -0.1) is 24.0 Å². The number of nitrogens with zero attached hydrogens (tertiary/aromatic N) is 1. The molecule has 1 unspecified atom stereocenters. The third-order valence-electron chi connectivity index (χ3n) is 3.91. The standard InChI is InChI=1S/C15H23N3O3S.HI/c1-15(2,22(3,19)20)10-17-14(16)18-12-8-9-21-13-7-5-4-6-11(12)13;/h4-7,12H,8-10H2,1-3H3,(H3,16,17,18);1H. The Kier molecular flexibility index (Phi) is 6.70. The van der Waals surface area contributed by atoms with E-state index in [0.717, 1.165) is 17.7 Å². The van der Waals surface area contributed by atoms with Crippen LogP contribution in [0, 0.1) is 0 Å². The van der Waals surface area contributed by atoms with E-state index in [4.69, 9.17) is 10.5 Å². The molecule has 0 bridgehead atoms. The lowest BCUT2D eigenvalue weighted by atomic mass is 10.0. The molecule has 0 aliphatic carbocycles. The Bertz CT molecular complexity index is 674. The minimum atomic E-state index is -3.19. The molecule has 0 spiro atoms. The Labute approximate surface area is 154 Å². The van der Waals surface area contributed by atoms with Crippen LogP contribution in [0.1, 0.15) is 31.9 Å². The summed E-state index contributed by atoms with van der Waals surface area (Å²) in [6, 6.07) is 7.80. The number of para-hydroxylation sites is 1. The molecule has 0 amide bonds. The molecule has 1 aromatic rings. The van der Waals surface area contributed by atoms with E-state index in [-0.39, 0.29) is 42.5 Å². The van der Waals surface area contributed by atoms with E-state index in [1.165, 1.54) is 6.26 Å². The smallest absolute Gasteiger partial charge is 0.189 e. The molecule has 0 fully saturated rings. The molecule has 8 heteroatoms. The summed E-state index contributed by atoms with van der Waals surface area (Å²) in [6.45, 7) is 4.01. The molecule has 1 aliphatic rings. The monoisotopic (exact) mass is 453 g/mol. The van der Waals surface area contributed by atoms with Crippen LogP contribution in [0.15, 0.2) is 29.3 Å². The molecule has 0 aromatic heterocycles. The van der Waals surface area contributed by atoms with Gasteiger partial charge >= 0.3 is 0 Å². The Morgan fingerprint density at radius 3 is 2.74 bits per heavy atom. The van der Waals surface area contributed by atoms with Gasteiger partial charge in [-0.3, -0.25) is 4.99 Å². The van der Waals surface area contributed by atoms with E-state index >= 15 is 0 Å². The number of sulfone groups is 1. The molecule has 130 valence electrons. The van der Waals surface area contributed by atoms with Crippen molar-refractivity contribution in [2.45, 2.75) is 31.1 Å². The highest BCUT2D eigenvalue weighted by Crippen LogP contribution is 2.31. The average molecular weight is 453 g/mol. The predicted molar refractivity (Wildman–Crippen MR) is 103 cm³/mol. The Hall–Kier alpha value is -1.03. The van der Waals surface area contributed by atoms with Gasteiger partial charge in [0, 0.05) is 18.2 Å². The molecule has 2 rings (SSSR count). The fraction of sp³-hybridized carbons (Fsp3) is 0.533. The zero-order valence-corrected chi connectivity index (χ0v) is 16.7. The number of aliphatic imine (C=N–C) groups is 1. The van der Waals surface area contributed by atoms with Crippen LogP contribution in [0.5, 0.6) is 5.75 Å². The van der Waals surface area contributed by atoms with E-state index < -0.39 is 14.6 Å². The largest absolute Gasteiger partial charge is 0.493 e. The third-order valence-corrected chi connectivity index (χ3v) is 6.05. The van der Waals surface area contributed by atoms with Crippen LogP contribution in [0.25, 0.3) is 0 Å². The van der Waals surface area contributed by atoms with Gasteiger partial charge in [-0.05, 0) is 19.9 Å². The van der Waals surface area contributed by atoms with Crippen LogP contribution >= 0.6 is 24.0 Å². The number of nitrogens with two attached hydrogens (primary N) is 1. The minimum absolute atomic E-state index is 0. The first-order valence-corrected chi connectivity index (χ1v) is 9.07. The van der Waals surface area contributed by atoms with Gasteiger partial charge in [-0.1, -0.05) is 18.2 Å². The number of guanidine groups is 1. The molecule has 1 aliphatic heterocycles. The lowest BCUT2D eigenvalue weighted by Gasteiger charge is -2.27. The minimum Gasteiger partial charge on any atom is -0.493 e. The van der Waals surface area contributed by atoms with Crippen molar-refractivity contribution in [1.29, 1.82) is 0 Å². The van der Waals surface area contributed by atoms with Crippen molar-refractivity contribution in [3.63, 3.8) is 0 Å². The normalized spacial score (nSPS) is 18.4. The van der Waals surface area contributed by atoms with Gasteiger partial charge in [0.2, 0.25) is 0 Å². The average Bonchev–Trinajstić information content (AvgIpc) is 2.44. The maximum Gasteiger partial charge on any atom is 0.189 e. The van der Waals surface area contributed by atoms with Gasteiger partial charge in [0.05, 0.1) is 23.9 Å². The zero-order valence-electron chi connectivity index (χ0n) is 13.6. The van der Waals surface area contributed by atoms with Crippen LogP contribution in [0.2, 0.25) is 0 Å². The highest BCUT2D eigenvalue weighted by atomic mass is 127. The molecule has 3 N–H and O–H groups in total. The number of hydrogen-bond acceptors (Lipinski definition) is 4. The van der Waals surface area contributed by atoms with Crippen LogP contribution in [-0.2, 0) is 9.84 Å². The second-order valence-electron chi connectivity index (χ2n) is 6.11. The quantitative estimate of drug-likeness (QED) is 0.413. The Morgan fingerprint density at radius 2 is 2.09 bits per heavy atom. The van der Waals surface area contributed by atoms with Gasteiger partial charge in [0.1, 0.15) is 5.75 Å². The second kappa shape index (κ2) is 7.69. The third kappa shape index (κ3) is 4.97. The van der Waals surface area contributed by atoms with E-state index in [1.54, 1.807) is 13.8 Å². The van der Waals surface area contributed by atoms with E-state index in [2.05, 4.69) is 10.3 Å². The van der Waals surface area contributed by atoms with Crippen LogP contribution in [-0.4, -0.2) is 38.5 Å². The first kappa shape index (κ1) is 20.0. The number of benzene rings is 1. The fourth-order valence-electron chi connectivity index (χ4n) is 2.11. The number of halogens is 1. The Balaban J connectivity index is 0.00000264. The highest BCUT2D eigenvalue weighted by molar-refractivity contribution is 14.0. The molecule has 0 radical (unpaired) electrons. The SMILES string of the molecule is CC(C)(CN=C(N)NC1CCOc2ccccc21)S(C)(=O)=O.I. The first-order chi connectivity index (χ1) is 10.2. The number of nitrogens with one attached hydrogen (secondary N) is 1. The van der Waals surface area contributed by atoms with Crippen molar-refractivity contribution < 1.29 is 13.2 Å². The van der Waals surface area contributed by atoms with E-state index in [9.17, 15) is 8.42 Å². The number of hydrogen-bond donors (Lipinski definition) is 2. The molecule has 0 saturated heterocycles. The second-order valence-corrected chi connectivity index (χ2v) is 8.75. The van der Waals surface area contributed by atoms with Crippen LogP contribution in [0.4, 0.5) is 0 Å². The van der Waals surface area contributed by atoms with Gasteiger partial charge in [0.15, 0.2) is 15.8 Å². The lowest BCUT2D eigenvalue weighted by molar-refractivity contribution is 0.262. The molecule has 1 heterocycles. The molecule has 1 aromatic carbocycles. The van der Waals surface area contributed by atoms with E-state index in [1.807, 2.05) is 24.3 Å². The molecule has 6 nitrogen and oxygen atoms in total. The summed E-state index contributed by atoms with van der Waals surface area (Å²) in [7, 11) is -3.19. The van der Waals surface area contributed by atoms with Crippen molar-refractivity contribution in [3.8, 4) is 5.75 Å². The summed E-state index contributed by atoms with van der Waals surface area (Å²) in [5.41, 5.74) is 6.95. The summed E-state index contributed by atoms with van der Waals surface area (Å²) >= 11 is 0. The topological polar surface area (TPSA) is 93.8 Å². The predicted octanol–water partition coefficient (Wildman–Crippen LogP) is 1.86. The van der Waals surface area contributed by atoms with Crippen molar-refractivity contribution >= 4 is 39.8 Å². The Morgan fingerprint density at radius 1 is 1.43 bits per heavy atom. The molecular weight excluding hydrogens is 429 g/mol. The summed E-state index contributed by atoms with van der Waals surface area (Å²) in [5, 5.41) is 3.15. The molecular formula is C15H24IN3O3S. The first-order valence-electron chi connectivity index (χ1n) is 7.18. The van der Waals surface area contributed by atoms with Gasteiger partial charge in [-0.25, -0.2) is 8.42 Å². The van der Waals surface area contributed by atoms with Crippen molar-refractivity contribution in [2.75, 3.05) is 19.4 Å². The zero-order chi connectivity index (χ0) is 16.4. The van der Waals surface area contributed by atoms with Crippen molar-refractivity contribution in [1.82, 2.24) is 5.32 Å². The van der Waals surface area contributed by atoms with Gasteiger partial charge in [-0.2, -0.15) is 0 Å². The number of fused-ring (bicyclic) bond motifs is 1. The fourth-order valence-corrected chi connectivity index (χ4v) is 2.41.